The molecular formula is C34H44O. The van der Waals surface area contributed by atoms with Crippen LogP contribution in [0.25, 0.3) is 22.3 Å². The lowest BCUT2D eigenvalue weighted by Crippen LogP contribution is -2.13. The summed E-state index contributed by atoms with van der Waals surface area (Å²) in [7, 11) is 1.76. The molecule has 1 aliphatic rings. The van der Waals surface area contributed by atoms with E-state index in [1.165, 1.54) is 84.7 Å². The van der Waals surface area contributed by atoms with Gasteiger partial charge in [-0.2, -0.15) is 0 Å². The number of ether oxygens (including phenoxy) is 1. The molecule has 1 saturated carbocycles. The highest BCUT2D eigenvalue weighted by atomic mass is 16.5. The molecule has 0 atom stereocenters. The van der Waals surface area contributed by atoms with Gasteiger partial charge in [-0.05, 0) is 89.3 Å². The topological polar surface area (TPSA) is 9.23 Å². The van der Waals surface area contributed by atoms with E-state index in [0.717, 1.165) is 31.3 Å². The van der Waals surface area contributed by atoms with Crippen LogP contribution in [-0.2, 0) is 17.6 Å². The molecule has 35 heavy (non-hydrogen) atoms. The Morgan fingerprint density at radius 3 is 2.09 bits per heavy atom. The van der Waals surface area contributed by atoms with Gasteiger partial charge < -0.3 is 4.74 Å². The van der Waals surface area contributed by atoms with Crippen molar-refractivity contribution in [3.8, 4) is 22.3 Å². The zero-order valence-corrected chi connectivity index (χ0v) is 22.2. The molecule has 0 saturated heterocycles. The summed E-state index contributed by atoms with van der Waals surface area (Å²) in [5.74, 6) is 1.73. The summed E-state index contributed by atoms with van der Waals surface area (Å²) in [5, 5.41) is 0. The van der Waals surface area contributed by atoms with Gasteiger partial charge in [0, 0.05) is 7.11 Å². The molecule has 4 rings (SSSR count). The molecule has 3 aromatic carbocycles. The van der Waals surface area contributed by atoms with Crippen molar-refractivity contribution in [1.29, 1.82) is 0 Å². The van der Waals surface area contributed by atoms with E-state index in [0.29, 0.717) is 0 Å². The third-order valence-corrected chi connectivity index (χ3v) is 8.12. The van der Waals surface area contributed by atoms with Crippen LogP contribution in [0.2, 0.25) is 0 Å². The highest BCUT2D eigenvalue weighted by Crippen LogP contribution is 2.38. The molecule has 0 amide bonds. The van der Waals surface area contributed by atoms with Crippen molar-refractivity contribution in [3.05, 3.63) is 83.4 Å². The van der Waals surface area contributed by atoms with Gasteiger partial charge in [-0.1, -0.05) is 106 Å². The Kier molecular flexibility index (Phi) is 9.60. The Labute approximate surface area is 213 Å². The van der Waals surface area contributed by atoms with Gasteiger partial charge in [0.15, 0.2) is 0 Å². The zero-order valence-electron chi connectivity index (χ0n) is 22.2. The number of methoxy groups -OCH3 is 1. The second kappa shape index (κ2) is 13.1. The summed E-state index contributed by atoms with van der Waals surface area (Å²) in [4.78, 5) is 0. The molecule has 0 bridgehead atoms. The van der Waals surface area contributed by atoms with Crippen LogP contribution in [-0.4, -0.2) is 13.7 Å². The lowest BCUT2D eigenvalue weighted by atomic mass is 9.77. The van der Waals surface area contributed by atoms with E-state index < -0.39 is 0 Å². The lowest BCUT2D eigenvalue weighted by molar-refractivity contribution is 0.202. The number of hydrogen-bond acceptors (Lipinski definition) is 1. The molecule has 0 N–H and O–H groups in total. The number of unbranched alkanes of at least 4 members (excludes halogenated alkanes) is 2. The van der Waals surface area contributed by atoms with Gasteiger partial charge in [-0.3, -0.25) is 0 Å². The maximum Gasteiger partial charge on any atom is 0.0502 e. The van der Waals surface area contributed by atoms with Crippen LogP contribution in [0.1, 0.15) is 87.8 Å². The third kappa shape index (κ3) is 6.85. The van der Waals surface area contributed by atoms with Crippen molar-refractivity contribution in [2.45, 2.75) is 84.0 Å². The first-order valence-corrected chi connectivity index (χ1v) is 14.0. The average molecular weight is 469 g/mol. The quantitative estimate of drug-likeness (QED) is 0.254. The van der Waals surface area contributed by atoms with Gasteiger partial charge in [0.05, 0.1) is 6.61 Å². The van der Waals surface area contributed by atoms with Crippen molar-refractivity contribution in [2.75, 3.05) is 13.7 Å². The Hall–Kier alpha value is -2.38. The first-order chi connectivity index (χ1) is 17.2. The number of hydrogen-bond donors (Lipinski definition) is 0. The minimum absolute atomic E-state index is 0.756. The Balaban J connectivity index is 1.42. The SMILES string of the molecule is CCCCCC1CCC(c2ccc(-c3ccc(-c4ccc(CCOC)cc4)cc3CC)cc2)CC1. The molecule has 0 unspecified atom stereocenters. The molecule has 0 radical (unpaired) electrons. The molecule has 0 heterocycles. The average Bonchev–Trinajstić information content (AvgIpc) is 2.92. The largest absolute Gasteiger partial charge is 0.384 e. The van der Waals surface area contributed by atoms with E-state index in [1.54, 1.807) is 12.7 Å². The summed E-state index contributed by atoms with van der Waals surface area (Å²) < 4.78 is 5.21. The van der Waals surface area contributed by atoms with Crippen LogP contribution in [0.3, 0.4) is 0 Å². The van der Waals surface area contributed by atoms with Crippen molar-refractivity contribution in [3.63, 3.8) is 0 Å². The Bertz CT molecular complexity index is 1020. The fourth-order valence-corrected chi connectivity index (χ4v) is 5.83. The molecule has 0 aliphatic heterocycles. The molecule has 0 aromatic heterocycles. The van der Waals surface area contributed by atoms with E-state index in [2.05, 4.69) is 80.6 Å². The predicted molar refractivity (Wildman–Crippen MR) is 151 cm³/mol. The fourth-order valence-electron chi connectivity index (χ4n) is 5.83. The highest BCUT2D eigenvalue weighted by Gasteiger charge is 2.22. The summed E-state index contributed by atoms with van der Waals surface area (Å²) in [6.07, 6.45) is 13.2. The van der Waals surface area contributed by atoms with E-state index in [1.807, 2.05) is 0 Å². The minimum atomic E-state index is 0.756. The summed E-state index contributed by atoms with van der Waals surface area (Å²) in [6, 6.07) is 25.5. The normalized spacial score (nSPS) is 18.0. The van der Waals surface area contributed by atoms with Gasteiger partial charge >= 0.3 is 0 Å². The molecule has 3 aromatic rings. The maximum absolute atomic E-state index is 5.21. The third-order valence-electron chi connectivity index (χ3n) is 8.12. The van der Waals surface area contributed by atoms with Gasteiger partial charge in [-0.15, -0.1) is 0 Å². The first kappa shape index (κ1) is 25.7. The van der Waals surface area contributed by atoms with E-state index in [4.69, 9.17) is 4.74 Å². The van der Waals surface area contributed by atoms with Crippen LogP contribution in [0.5, 0.6) is 0 Å². The van der Waals surface area contributed by atoms with Crippen LogP contribution in [0.4, 0.5) is 0 Å². The van der Waals surface area contributed by atoms with Crippen LogP contribution >= 0.6 is 0 Å². The fraction of sp³-hybridized carbons (Fsp3) is 0.471. The van der Waals surface area contributed by atoms with Crippen LogP contribution in [0.15, 0.2) is 66.7 Å². The molecule has 186 valence electrons. The lowest BCUT2D eigenvalue weighted by Gasteiger charge is -2.29. The van der Waals surface area contributed by atoms with Crippen LogP contribution < -0.4 is 0 Å². The highest BCUT2D eigenvalue weighted by molar-refractivity contribution is 5.74. The second-order valence-electron chi connectivity index (χ2n) is 10.5. The zero-order chi connectivity index (χ0) is 24.5. The van der Waals surface area contributed by atoms with Crippen molar-refractivity contribution in [2.24, 2.45) is 5.92 Å². The van der Waals surface area contributed by atoms with Gasteiger partial charge in [-0.25, -0.2) is 0 Å². The van der Waals surface area contributed by atoms with Crippen molar-refractivity contribution in [1.82, 2.24) is 0 Å². The second-order valence-corrected chi connectivity index (χ2v) is 10.5. The number of benzene rings is 3. The first-order valence-electron chi connectivity index (χ1n) is 14.0. The predicted octanol–water partition coefficient (Wildman–Crippen LogP) is 9.63. The number of rotatable bonds is 11. The minimum Gasteiger partial charge on any atom is -0.384 e. The summed E-state index contributed by atoms with van der Waals surface area (Å²) >= 11 is 0. The van der Waals surface area contributed by atoms with Crippen molar-refractivity contribution < 1.29 is 4.74 Å². The van der Waals surface area contributed by atoms with E-state index in [-0.39, 0.29) is 0 Å². The Morgan fingerprint density at radius 1 is 0.743 bits per heavy atom. The molecule has 1 aliphatic carbocycles. The van der Waals surface area contributed by atoms with Crippen molar-refractivity contribution >= 4 is 0 Å². The monoisotopic (exact) mass is 468 g/mol. The van der Waals surface area contributed by atoms with Crippen LogP contribution in [0, 0.1) is 5.92 Å². The van der Waals surface area contributed by atoms with E-state index >= 15 is 0 Å². The molecule has 0 spiro atoms. The van der Waals surface area contributed by atoms with Gasteiger partial charge in [0.1, 0.15) is 0 Å². The Morgan fingerprint density at radius 2 is 1.43 bits per heavy atom. The standard InChI is InChI=1S/C34H44O/c1-4-6-7-8-26-9-13-29(14-10-26)30-17-19-32(20-18-30)34-22-21-33(25-28(34)5-2)31-15-11-27(12-16-31)23-24-35-3/h11-12,15-22,25-26,29H,4-10,13-14,23-24H2,1-3H3. The molecular weight excluding hydrogens is 424 g/mol. The summed E-state index contributed by atoms with van der Waals surface area (Å²) in [5.41, 5.74) is 9.60. The van der Waals surface area contributed by atoms with E-state index in [9.17, 15) is 0 Å². The molecule has 1 heteroatoms. The van der Waals surface area contributed by atoms with Gasteiger partial charge in [0.25, 0.3) is 0 Å². The number of aryl methyl sites for hydroxylation is 1. The summed E-state index contributed by atoms with van der Waals surface area (Å²) in [6.45, 7) is 5.35. The smallest absolute Gasteiger partial charge is 0.0502 e. The molecule has 1 nitrogen and oxygen atoms in total. The maximum atomic E-state index is 5.21. The molecule has 1 fully saturated rings. The van der Waals surface area contributed by atoms with Gasteiger partial charge in [0.2, 0.25) is 0 Å².